The van der Waals surface area contributed by atoms with Crippen molar-refractivity contribution in [1.29, 1.82) is 0 Å². The molecule has 1 aliphatic carbocycles. The minimum atomic E-state index is -0.450. The van der Waals surface area contributed by atoms with Crippen LogP contribution in [-0.2, 0) is 4.74 Å². The van der Waals surface area contributed by atoms with Gasteiger partial charge in [0.15, 0.2) is 5.82 Å². The second kappa shape index (κ2) is 6.70. The van der Waals surface area contributed by atoms with Gasteiger partial charge in [0.25, 0.3) is 0 Å². The molecular formula is C16H23N3O2. The fourth-order valence-corrected chi connectivity index (χ4v) is 2.32. The standard InChI is InChI=1S/C16H23N3O2/c1-16(2,3)21-15(20)19-13-7-5-12(6-8-13)11-14-17-9-4-10-18-14/h4,9-11,13H,5-8H2,1-3H3,(H,19,20). The van der Waals surface area contributed by atoms with Gasteiger partial charge in [-0.2, -0.15) is 0 Å². The minimum absolute atomic E-state index is 0.189. The predicted octanol–water partition coefficient (Wildman–Crippen LogP) is 3.33. The molecule has 0 spiro atoms. The Morgan fingerprint density at radius 2 is 1.90 bits per heavy atom. The fraction of sp³-hybridized carbons (Fsp3) is 0.562. The first-order chi connectivity index (χ1) is 9.92. The molecule has 1 saturated carbocycles. The number of nitrogens with one attached hydrogen (secondary N) is 1. The van der Waals surface area contributed by atoms with Crippen LogP contribution in [0.5, 0.6) is 0 Å². The molecule has 1 N–H and O–H groups in total. The Kier molecular flexibility index (Phi) is 4.94. The van der Waals surface area contributed by atoms with Gasteiger partial charge in [0.1, 0.15) is 5.60 Å². The van der Waals surface area contributed by atoms with Crippen molar-refractivity contribution in [2.75, 3.05) is 0 Å². The van der Waals surface area contributed by atoms with Crippen molar-refractivity contribution in [1.82, 2.24) is 15.3 Å². The van der Waals surface area contributed by atoms with Crippen LogP contribution in [0.15, 0.2) is 24.0 Å². The molecule has 1 aromatic rings. The van der Waals surface area contributed by atoms with E-state index in [0.717, 1.165) is 31.5 Å². The number of hydrogen-bond donors (Lipinski definition) is 1. The molecule has 2 rings (SSSR count). The van der Waals surface area contributed by atoms with Crippen molar-refractivity contribution in [2.45, 2.75) is 58.1 Å². The van der Waals surface area contributed by atoms with Crippen LogP contribution in [-0.4, -0.2) is 27.7 Å². The van der Waals surface area contributed by atoms with Crippen LogP contribution < -0.4 is 5.32 Å². The Balaban J connectivity index is 1.81. The van der Waals surface area contributed by atoms with Crippen molar-refractivity contribution in [3.8, 4) is 0 Å². The first-order valence-corrected chi connectivity index (χ1v) is 7.38. The van der Waals surface area contributed by atoms with Gasteiger partial charge in [0, 0.05) is 18.4 Å². The van der Waals surface area contributed by atoms with Gasteiger partial charge in [-0.3, -0.25) is 0 Å². The highest BCUT2D eigenvalue weighted by molar-refractivity contribution is 5.68. The summed E-state index contributed by atoms with van der Waals surface area (Å²) in [4.78, 5) is 20.1. The SMILES string of the molecule is CC(C)(C)OC(=O)NC1CCC(=Cc2ncccn2)CC1. The molecule has 1 aromatic heterocycles. The maximum atomic E-state index is 11.7. The van der Waals surface area contributed by atoms with Gasteiger partial charge in [0.2, 0.25) is 0 Å². The summed E-state index contributed by atoms with van der Waals surface area (Å²) in [6.07, 6.45) is 8.98. The summed E-state index contributed by atoms with van der Waals surface area (Å²) in [5.41, 5.74) is 0.887. The van der Waals surface area contributed by atoms with Crippen molar-refractivity contribution >= 4 is 12.2 Å². The zero-order valence-corrected chi connectivity index (χ0v) is 12.9. The topological polar surface area (TPSA) is 64.1 Å². The van der Waals surface area contributed by atoms with Crippen LogP contribution in [0.2, 0.25) is 0 Å². The Morgan fingerprint density at radius 3 is 2.48 bits per heavy atom. The Hall–Kier alpha value is -1.91. The first-order valence-electron chi connectivity index (χ1n) is 7.38. The molecule has 0 aliphatic heterocycles. The van der Waals surface area contributed by atoms with Crippen molar-refractivity contribution in [2.24, 2.45) is 0 Å². The molecule has 1 amide bonds. The lowest BCUT2D eigenvalue weighted by Crippen LogP contribution is -2.40. The van der Waals surface area contributed by atoms with Crippen LogP contribution >= 0.6 is 0 Å². The molecule has 1 heterocycles. The van der Waals surface area contributed by atoms with E-state index in [1.807, 2.05) is 32.9 Å². The molecule has 5 nitrogen and oxygen atoms in total. The lowest BCUT2D eigenvalue weighted by molar-refractivity contribution is 0.0496. The smallest absolute Gasteiger partial charge is 0.407 e. The number of rotatable bonds is 2. The monoisotopic (exact) mass is 289 g/mol. The summed E-state index contributed by atoms with van der Waals surface area (Å²) >= 11 is 0. The van der Waals surface area contributed by atoms with Crippen molar-refractivity contribution in [3.63, 3.8) is 0 Å². The third-order valence-electron chi connectivity index (χ3n) is 3.27. The lowest BCUT2D eigenvalue weighted by atomic mass is 9.90. The van der Waals surface area contributed by atoms with Crippen LogP contribution in [0.4, 0.5) is 4.79 Å². The molecule has 0 radical (unpaired) electrons. The van der Waals surface area contributed by atoms with E-state index >= 15 is 0 Å². The van der Waals surface area contributed by atoms with Gasteiger partial charge in [-0.25, -0.2) is 14.8 Å². The molecule has 5 heteroatoms. The van der Waals surface area contributed by atoms with Gasteiger partial charge in [-0.15, -0.1) is 0 Å². The van der Waals surface area contributed by atoms with Crippen LogP contribution in [0.1, 0.15) is 52.3 Å². The maximum Gasteiger partial charge on any atom is 0.407 e. The van der Waals surface area contributed by atoms with E-state index in [-0.39, 0.29) is 12.1 Å². The largest absolute Gasteiger partial charge is 0.444 e. The Bertz CT molecular complexity index is 496. The molecule has 0 atom stereocenters. The second-order valence-corrected chi connectivity index (χ2v) is 6.33. The van der Waals surface area contributed by atoms with Gasteiger partial charge in [-0.1, -0.05) is 5.57 Å². The molecule has 0 aromatic carbocycles. The van der Waals surface area contributed by atoms with E-state index in [9.17, 15) is 4.79 Å². The van der Waals surface area contributed by atoms with Crippen LogP contribution in [0.25, 0.3) is 6.08 Å². The van der Waals surface area contributed by atoms with Crippen molar-refractivity contribution < 1.29 is 9.53 Å². The van der Waals surface area contributed by atoms with Crippen LogP contribution in [0, 0.1) is 0 Å². The fourth-order valence-electron chi connectivity index (χ4n) is 2.32. The summed E-state index contributed by atoms with van der Waals surface area (Å²) in [5.74, 6) is 0.756. The first kappa shape index (κ1) is 15.5. The average molecular weight is 289 g/mol. The summed E-state index contributed by atoms with van der Waals surface area (Å²) in [6, 6.07) is 2.00. The molecular weight excluding hydrogens is 266 g/mol. The van der Waals surface area contributed by atoms with E-state index < -0.39 is 5.60 Å². The van der Waals surface area contributed by atoms with Crippen LogP contribution in [0.3, 0.4) is 0 Å². The Labute approximate surface area is 125 Å². The quantitative estimate of drug-likeness (QED) is 0.907. The summed E-state index contributed by atoms with van der Waals surface area (Å²) in [6.45, 7) is 5.61. The van der Waals surface area contributed by atoms with Gasteiger partial charge in [-0.05, 0) is 58.6 Å². The number of carbonyl (C=O) groups excluding carboxylic acids is 1. The normalized spacial score (nSPS) is 19.0. The Morgan fingerprint density at radius 1 is 1.29 bits per heavy atom. The number of ether oxygens (including phenoxy) is 1. The zero-order valence-electron chi connectivity index (χ0n) is 12.9. The number of allylic oxidation sites excluding steroid dienone is 1. The molecule has 1 aliphatic rings. The molecule has 114 valence electrons. The summed E-state index contributed by atoms with van der Waals surface area (Å²) < 4.78 is 5.28. The number of alkyl carbamates (subject to hydrolysis) is 1. The molecule has 0 saturated heterocycles. The van der Waals surface area contributed by atoms with Gasteiger partial charge < -0.3 is 10.1 Å². The molecule has 21 heavy (non-hydrogen) atoms. The zero-order chi connectivity index (χ0) is 15.3. The second-order valence-electron chi connectivity index (χ2n) is 6.33. The van der Waals surface area contributed by atoms with E-state index in [1.165, 1.54) is 5.57 Å². The van der Waals surface area contributed by atoms with Gasteiger partial charge in [0.05, 0.1) is 0 Å². The lowest BCUT2D eigenvalue weighted by Gasteiger charge is -2.27. The highest BCUT2D eigenvalue weighted by atomic mass is 16.6. The maximum absolute atomic E-state index is 11.7. The number of carbonyl (C=O) groups is 1. The third kappa shape index (κ3) is 5.53. The number of amides is 1. The van der Waals surface area contributed by atoms with E-state index in [1.54, 1.807) is 12.4 Å². The molecule has 0 unspecified atom stereocenters. The summed E-state index contributed by atoms with van der Waals surface area (Å²) in [5, 5.41) is 2.94. The highest BCUT2D eigenvalue weighted by Crippen LogP contribution is 2.25. The van der Waals surface area contributed by atoms with E-state index in [0.29, 0.717) is 0 Å². The number of nitrogens with zero attached hydrogens (tertiary/aromatic N) is 2. The number of hydrogen-bond acceptors (Lipinski definition) is 4. The predicted molar refractivity (Wildman–Crippen MR) is 81.6 cm³/mol. The average Bonchev–Trinajstić information content (AvgIpc) is 2.40. The highest BCUT2D eigenvalue weighted by Gasteiger charge is 2.22. The van der Waals surface area contributed by atoms with E-state index in [4.69, 9.17) is 4.74 Å². The minimum Gasteiger partial charge on any atom is -0.444 e. The number of aromatic nitrogens is 2. The molecule has 0 bridgehead atoms. The summed E-state index contributed by atoms with van der Waals surface area (Å²) in [7, 11) is 0. The van der Waals surface area contributed by atoms with Crippen molar-refractivity contribution in [3.05, 3.63) is 29.9 Å². The third-order valence-corrected chi connectivity index (χ3v) is 3.27. The van der Waals surface area contributed by atoms with E-state index in [2.05, 4.69) is 15.3 Å². The molecule has 1 fully saturated rings. The van der Waals surface area contributed by atoms with Gasteiger partial charge >= 0.3 is 6.09 Å².